The van der Waals surface area contributed by atoms with E-state index >= 15 is 0 Å². The highest BCUT2D eigenvalue weighted by atomic mass is 16.5. The van der Waals surface area contributed by atoms with Gasteiger partial charge in [0.05, 0.1) is 19.8 Å². The molecule has 2 rings (SSSR count). The molecule has 0 aliphatic heterocycles. The molecule has 0 radical (unpaired) electrons. The third-order valence-corrected chi connectivity index (χ3v) is 2.22. The third-order valence-electron chi connectivity index (χ3n) is 2.22. The lowest BCUT2D eigenvalue weighted by Crippen LogP contribution is -1.97. The zero-order valence-electron chi connectivity index (χ0n) is 9.18. The molecule has 82 valence electrons. The summed E-state index contributed by atoms with van der Waals surface area (Å²) in [6.07, 6.45) is 0. The normalized spacial score (nSPS) is 9.88. The maximum atomic E-state index is 5.17. The number of rotatable bonds is 3. The maximum absolute atomic E-state index is 5.17. The van der Waals surface area contributed by atoms with Gasteiger partial charge in [-0.05, 0) is 5.56 Å². The standard InChI is InChI=1S/C12H12N2O2/c1-15-11-8-10(12(16-2)14-13-11)9-6-4-3-5-7-9/h3-8H,1-2H3. The Balaban J connectivity index is 2.53. The second-order valence-corrected chi connectivity index (χ2v) is 3.18. The Labute approximate surface area is 93.9 Å². The van der Waals surface area contributed by atoms with Crippen molar-refractivity contribution in [2.45, 2.75) is 0 Å². The van der Waals surface area contributed by atoms with E-state index in [2.05, 4.69) is 10.2 Å². The van der Waals surface area contributed by atoms with Gasteiger partial charge in [-0.1, -0.05) is 30.3 Å². The Bertz CT molecular complexity index is 472. The van der Waals surface area contributed by atoms with E-state index < -0.39 is 0 Å². The van der Waals surface area contributed by atoms with Crippen LogP contribution in [0.25, 0.3) is 11.1 Å². The summed E-state index contributed by atoms with van der Waals surface area (Å²) >= 11 is 0. The number of hydrogen-bond donors (Lipinski definition) is 0. The molecule has 0 bridgehead atoms. The van der Waals surface area contributed by atoms with Crippen molar-refractivity contribution in [3.05, 3.63) is 36.4 Å². The second kappa shape index (κ2) is 4.61. The third kappa shape index (κ3) is 1.95. The van der Waals surface area contributed by atoms with Crippen LogP contribution >= 0.6 is 0 Å². The largest absolute Gasteiger partial charge is 0.480 e. The Hall–Kier alpha value is -2.10. The summed E-state index contributed by atoms with van der Waals surface area (Å²) in [6, 6.07) is 11.7. The van der Waals surface area contributed by atoms with Crippen LogP contribution in [0, 0.1) is 0 Å². The Morgan fingerprint density at radius 1 is 0.938 bits per heavy atom. The highest BCUT2D eigenvalue weighted by Crippen LogP contribution is 2.29. The predicted molar refractivity (Wildman–Crippen MR) is 60.6 cm³/mol. The van der Waals surface area contributed by atoms with Crippen LogP contribution in [0.1, 0.15) is 0 Å². The van der Waals surface area contributed by atoms with Crippen LogP contribution in [0.5, 0.6) is 11.8 Å². The highest BCUT2D eigenvalue weighted by molar-refractivity contribution is 5.68. The number of hydrogen-bond acceptors (Lipinski definition) is 4. The van der Waals surface area contributed by atoms with Gasteiger partial charge in [-0.3, -0.25) is 0 Å². The minimum atomic E-state index is 0.472. The first kappa shape index (κ1) is 10.4. The van der Waals surface area contributed by atoms with Crippen LogP contribution in [-0.2, 0) is 0 Å². The summed E-state index contributed by atoms with van der Waals surface area (Å²) in [5, 5.41) is 7.80. The van der Waals surface area contributed by atoms with E-state index in [1.54, 1.807) is 20.3 Å². The monoisotopic (exact) mass is 216 g/mol. The van der Waals surface area contributed by atoms with Crippen LogP contribution in [0.15, 0.2) is 36.4 Å². The summed E-state index contributed by atoms with van der Waals surface area (Å²) in [5.74, 6) is 0.964. The van der Waals surface area contributed by atoms with Crippen LogP contribution in [0.4, 0.5) is 0 Å². The van der Waals surface area contributed by atoms with Gasteiger partial charge in [0, 0.05) is 6.07 Å². The number of nitrogens with zero attached hydrogens (tertiary/aromatic N) is 2. The van der Waals surface area contributed by atoms with Crippen molar-refractivity contribution in [1.29, 1.82) is 0 Å². The van der Waals surface area contributed by atoms with E-state index in [9.17, 15) is 0 Å². The predicted octanol–water partition coefficient (Wildman–Crippen LogP) is 2.16. The molecule has 0 spiro atoms. The summed E-state index contributed by atoms with van der Waals surface area (Å²) in [7, 11) is 3.13. The van der Waals surface area contributed by atoms with Gasteiger partial charge in [-0.2, -0.15) is 0 Å². The molecule has 0 unspecified atom stereocenters. The van der Waals surface area contributed by atoms with Crippen LogP contribution < -0.4 is 9.47 Å². The summed E-state index contributed by atoms with van der Waals surface area (Å²) in [4.78, 5) is 0. The van der Waals surface area contributed by atoms with Crippen LogP contribution in [-0.4, -0.2) is 24.4 Å². The minimum absolute atomic E-state index is 0.472. The van der Waals surface area contributed by atoms with Gasteiger partial charge in [-0.25, -0.2) is 0 Å². The SMILES string of the molecule is COc1cc(-c2ccccc2)c(OC)nn1. The molecule has 0 N–H and O–H groups in total. The fraction of sp³-hybridized carbons (Fsp3) is 0.167. The number of aromatic nitrogens is 2. The summed E-state index contributed by atoms with van der Waals surface area (Å²) in [6.45, 7) is 0. The topological polar surface area (TPSA) is 44.2 Å². The average molecular weight is 216 g/mol. The molecule has 0 aliphatic rings. The van der Waals surface area contributed by atoms with E-state index in [4.69, 9.17) is 9.47 Å². The van der Waals surface area contributed by atoms with Crippen molar-refractivity contribution in [1.82, 2.24) is 10.2 Å². The minimum Gasteiger partial charge on any atom is -0.480 e. The van der Waals surface area contributed by atoms with Crippen LogP contribution in [0.3, 0.4) is 0 Å². The van der Waals surface area contributed by atoms with Gasteiger partial charge in [0.2, 0.25) is 11.8 Å². The fourth-order valence-corrected chi connectivity index (χ4v) is 1.44. The van der Waals surface area contributed by atoms with Crippen molar-refractivity contribution >= 4 is 0 Å². The smallest absolute Gasteiger partial charge is 0.241 e. The average Bonchev–Trinajstić information content (AvgIpc) is 2.39. The number of methoxy groups -OCH3 is 2. The first-order valence-corrected chi connectivity index (χ1v) is 4.86. The van der Waals surface area contributed by atoms with E-state index in [-0.39, 0.29) is 0 Å². The number of benzene rings is 1. The highest BCUT2D eigenvalue weighted by Gasteiger charge is 2.09. The molecule has 1 heterocycles. The van der Waals surface area contributed by atoms with Gasteiger partial charge in [0.1, 0.15) is 0 Å². The Kier molecular flexibility index (Phi) is 3.00. The zero-order valence-corrected chi connectivity index (χ0v) is 9.18. The molecule has 1 aromatic carbocycles. The molecule has 0 fully saturated rings. The van der Waals surface area contributed by atoms with E-state index in [0.717, 1.165) is 11.1 Å². The van der Waals surface area contributed by atoms with E-state index in [1.165, 1.54) is 0 Å². The Morgan fingerprint density at radius 2 is 1.69 bits per heavy atom. The lowest BCUT2D eigenvalue weighted by atomic mass is 10.1. The first-order valence-electron chi connectivity index (χ1n) is 4.86. The first-order chi connectivity index (χ1) is 7.85. The van der Waals surface area contributed by atoms with Gasteiger partial charge in [0.15, 0.2) is 0 Å². The lowest BCUT2D eigenvalue weighted by Gasteiger charge is -2.07. The maximum Gasteiger partial charge on any atom is 0.241 e. The summed E-state index contributed by atoms with van der Waals surface area (Å²) < 4.78 is 10.2. The molecule has 0 saturated heterocycles. The molecule has 2 aromatic rings. The molecule has 0 aliphatic carbocycles. The molecule has 1 aromatic heterocycles. The van der Waals surface area contributed by atoms with Gasteiger partial charge in [-0.15, -0.1) is 10.2 Å². The summed E-state index contributed by atoms with van der Waals surface area (Å²) in [5.41, 5.74) is 1.89. The molecular weight excluding hydrogens is 204 g/mol. The van der Waals surface area contributed by atoms with Gasteiger partial charge < -0.3 is 9.47 Å². The van der Waals surface area contributed by atoms with Crippen molar-refractivity contribution in [2.75, 3.05) is 14.2 Å². The van der Waals surface area contributed by atoms with E-state index in [0.29, 0.717) is 11.8 Å². The molecule has 0 saturated carbocycles. The fourth-order valence-electron chi connectivity index (χ4n) is 1.44. The van der Waals surface area contributed by atoms with Crippen molar-refractivity contribution in [2.24, 2.45) is 0 Å². The number of ether oxygens (including phenoxy) is 2. The van der Waals surface area contributed by atoms with E-state index in [1.807, 2.05) is 30.3 Å². The van der Waals surface area contributed by atoms with Crippen LogP contribution in [0.2, 0.25) is 0 Å². The molecule has 0 amide bonds. The molecule has 0 atom stereocenters. The van der Waals surface area contributed by atoms with Crippen molar-refractivity contribution < 1.29 is 9.47 Å². The molecule has 16 heavy (non-hydrogen) atoms. The quantitative estimate of drug-likeness (QED) is 0.788. The molecular formula is C12H12N2O2. The van der Waals surface area contributed by atoms with Crippen molar-refractivity contribution in [3.63, 3.8) is 0 Å². The Morgan fingerprint density at radius 3 is 2.31 bits per heavy atom. The molecule has 4 heteroatoms. The second-order valence-electron chi connectivity index (χ2n) is 3.18. The van der Waals surface area contributed by atoms with Gasteiger partial charge >= 0.3 is 0 Å². The molecule has 4 nitrogen and oxygen atoms in total. The van der Waals surface area contributed by atoms with Crippen molar-refractivity contribution in [3.8, 4) is 22.9 Å². The zero-order chi connectivity index (χ0) is 11.4. The van der Waals surface area contributed by atoms with Gasteiger partial charge in [0.25, 0.3) is 0 Å². The lowest BCUT2D eigenvalue weighted by molar-refractivity contribution is 0.369.